The van der Waals surface area contributed by atoms with Crippen LogP contribution in [0.2, 0.25) is 0 Å². The van der Waals surface area contributed by atoms with E-state index in [4.69, 9.17) is 13.9 Å². The Kier molecular flexibility index (Phi) is 7.10. The zero-order valence-electron chi connectivity index (χ0n) is 17.8. The van der Waals surface area contributed by atoms with Gasteiger partial charge in [0.1, 0.15) is 22.1 Å². The Balaban J connectivity index is 1.42. The van der Waals surface area contributed by atoms with E-state index < -0.39 is 5.97 Å². The van der Waals surface area contributed by atoms with Gasteiger partial charge >= 0.3 is 5.97 Å². The number of benzene rings is 1. The van der Waals surface area contributed by atoms with Crippen LogP contribution in [-0.2, 0) is 9.53 Å². The van der Waals surface area contributed by atoms with Crippen molar-refractivity contribution in [3.63, 3.8) is 0 Å². The second-order valence-corrected chi connectivity index (χ2v) is 8.41. The summed E-state index contributed by atoms with van der Waals surface area (Å²) in [5.41, 5.74) is 1.70. The van der Waals surface area contributed by atoms with Crippen LogP contribution in [0.15, 0.2) is 57.6 Å². The highest BCUT2D eigenvalue weighted by Crippen LogP contribution is 2.36. The number of rotatable bonds is 9. The Bertz CT molecular complexity index is 1230. The highest BCUT2D eigenvalue weighted by Gasteiger charge is 2.24. The molecule has 0 fully saturated rings. The second-order valence-electron chi connectivity index (χ2n) is 6.58. The lowest BCUT2D eigenvalue weighted by atomic mass is 10.1. The summed E-state index contributed by atoms with van der Waals surface area (Å²) in [7, 11) is 1.60. The normalized spacial score (nSPS) is 10.7. The molecular weight excluding hydrogens is 464 g/mol. The predicted octanol–water partition coefficient (Wildman–Crippen LogP) is 4.71. The van der Waals surface area contributed by atoms with Crippen molar-refractivity contribution in [2.24, 2.45) is 0 Å². The number of methoxy groups -OCH3 is 1. The maximum Gasteiger partial charge on any atom is 0.341 e. The van der Waals surface area contributed by atoms with Crippen molar-refractivity contribution in [3.8, 4) is 28.5 Å². The van der Waals surface area contributed by atoms with Gasteiger partial charge in [0.15, 0.2) is 5.82 Å². The van der Waals surface area contributed by atoms with Crippen molar-refractivity contribution >= 4 is 40.0 Å². The largest absolute Gasteiger partial charge is 0.497 e. The number of hydrogen-bond acceptors (Lipinski definition) is 9. The van der Waals surface area contributed by atoms with Crippen LogP contribution in [0.25, 0.3) is 22.7 Å². The number of furan rings is 1. The second kappa shape index (κ2) is 10.4. The van der Waals surface area contributed by atoms with E-state index in [0.29, 0.717) is 27.3 Å². The zero-order chi connectivity index (χ0) is 23.2. The highest BCUT2D eigenvalue weighted by atomic mass is 32.2. The number of esters is 1. The number of anilines is 1. The van der Waals surface area contributed by atoms with E-state index >= 15 is 0 Å². The van der Waals surface area contributed by atoms with E-state index in [1.807, 2.05) is 24.3 Å². The van der Waals surface area contributed by atoms with Gasteiger partial charge in [-0.25, -0.2) is 9.78 Å². The lowest BCUT2D eigenvalue weighted by Crippen LogP contribution is -2.16. The van der Waals surface area contributed by atoms with E-state index in [1.54, 1.807) is 31.5 Å². The van der Waals surface area contributed by atoms with Gasteiger partial charge in [-0.1, -0.05) is 11.8 Å². The fourth-order valence-electron chi connectivity index (χ4n) is 2.95. The molecule has 0 atom stereocenters. The standard InChI is InChI=1S/C22H20N4O5S2/c1-3-30-21(28)18-15(16-5-4-10-31-16)11-32-20(18)23-17(27)12-33-22-24-19(25-26-22)13-6-8-14(29-2)9-7-13/h4-11H,3,12H2,1-2H3,(H,23,27)(H,24,25,26). The molecule has 4 rings (SSSR count). The summed E-state index contributed by atoms with van der Waals surface area (Å²) < 4.78 is 15.7. The summed E-state index contributed by atoms with van der Waals surface area (Å²) in [6.45, 7) is 1.94. The summed E-state index contributed by atoms with van der Waals surface area (Å²) in [5.74, 6) is 1.11. The predicted molar refractivity (Wildman–Crippen MR) is 126 cm³/mol. The Morgan fingerprint density at radius 3 is 2.76 bits per heavy atom. The number of thiophene rings is 1. The zero-order valence-corrected chi connectivity index (χ0v) is 19.4. The van der Waals surface area contributed by atoms with Crippen LogP contribution in [0.3, 0.4) is 0 Å². The number of nitrogens with zero attached hydrogens (tertiary/aromatic N) is 2. The Labute approximate surface area is 197 Å². The Morgan fingerprint density at radius 1 is 1.24 bits per heavy atom. The third-order valence-corrected chi connectivity index (χ3v) is 6.21. The molecule has 3 aromatic heterocycles. The number of carbonyl (C=O) groups is 2. The quantitative estimate of drug-likeness (QED) is 0.259. The summed E-state index contributed by atoms with van der Waals surface area (Å²) >= 11 is 2.41. The average Bonchev–Trinajstić information content (AvgIpc) is 3.58. The minimum absolute atomic E-state index is 0.0656. The molecule has 0 radical (unpaired) electrons. The molecule has 170 valence electrons. The van der Waals surface area contributed by atoms with Gasteiger partial charge in [0.25, 0.3) is 0 Å². The molecule has 0 saturated heterocycles. The van der Waals surface area contributed by atoms with Crippen molar-refractivity contribution in [2.45, 2.75) is 12.1 Å². The van der Waals surface area contributed by atoms with Gasteiger partial charge in [-0.15, -0.1) is 16.4 Å². The molecule has 0 unspecified atom stereocenters. The van der Waals surface area contributed by atoms with Gasteiger partial charge < -0.3 is 19.2 Å². The SMILES string of the molecule is CCOC(=O)c1c(-c2ccco2)csc1NC(=O)CSc1n[nH]c(-c2ccc(OC)cc2)n1. The minimum Gasteiger partial charge on any atom is -0.497 e. The number of thioether (sulfide) groups is 1. The number of H-pyrrole nitrogens is 1. The molecule has 0 aliphatic heterocycles. The number of aromatic nitrogens is 3. The van der Waals surface area contributed by atoms with E-state index in [0.717, 1.165) is 11.3 Å². The molecule has 0 saturated carbocycles. The smallest absolute Gasteiger partial charge is 0.341 e. The van der Waals surface area contributed by atoms with Crippen molar-refractivity contribution in [1.29, 1.82) is 0 Å². The van der Waals surface area contributed by atoms with Crippen LogP contribution in [0.5, 0.6) is 5.75 Å². The topological polar surface area (TPSA) is 119 Å². The molecule has 33 heavy (non-hydrogen) atoms. The van der Waals surface area contributed by atoms with Crippen LogP contribution in [0.4, 0.5) is 5.00 Å². The van der Waals surface area contributed by atoms with Gasteiger partial charge in [-0.05, 0) is 43.3 Å². The first kappa shape index (κ1) is 22.6. The number of hydrogen-bond donors (Lipinski definition) is 2. The number of nitrogens with one attached hydrogen (secondary N) is 2. The van der Waals surface area contributed by atoms with Crippen LogP contribution < -0.4 is 10.1 Å². The number of amides is 1. The van der Waals surface area contributed by atoms with Gasteiger partial charge in [0, 0.05) is 16.5 Å². The van der Waals surface area contributed by atoms with Crippen LogP contribution in [0, 0.1) is 0 Å². The fourth-order valence-corrected chi connectivity index (χ4v) is 4.50. The maximum atomic E-state index is 12.6. The first-order valence-corrected chi connectivity index (χ1v) is 11.8. The van der Waals surface area contributed by atoms with Gasteiger partial charge in [-0.3, -0.25) is 9.89 Å². The third kappa shape index (κ3) is 5.26. The van der Waals surface area contributed by atoms with Crippen LogP contribution in [-0.4, -0.2) is 46.5 Å². The average molecular weight is 485 g/mol. The molecule has 0 aliphatic rings. The number of carbonyl (C=O) groups excluding carboxylic acids is 2. The van der Waals surface area contributed by atoms with E-state index in [2.05, 4.69) is 20.5 Å². The molecule has 11 heteroatoms. The van der Waals surface area contributed by atoms with Crippen LogP contribution >= 0.6 is 23.1 Å². The molecule has 0 aliphatic carbocycles. The minimum atomic E-state index is -0.522. The molecule has 1 aromatic carbocycles. The van der Waals surface area contributed by atoms with E-state index in [1.165, 1.54) is 29.4 Å². The molecule has 4 aromatic rings. The molecule has 0 spiro atoms. The molecule has 0 bridgehead atoms. The highest BCUT2D eigenvalue weighted by molar-refractivity contribution is 7.99. The molecule has 3 heterocycles. The Hall–Kier alpha value is -3.57. The summed E-state index contributed by atoms with van der Waals surface area (Å²) in [4.78, 5) is 29.5. The number of ether oxygens (including phenoxy) is 2. The summed E-state index contributed by atoms with van der Waals surface area (Å²) in [6, 6.07) is 10.9. The third-order valence-electron chi connectivity index (χ3n) is 4.47. The van der Waals surface area contributed by atoms with Gasteiger partial charge in [-0.2, -0.15) is 0 Å². The summed E-state index contributed by atoms with van der Waals surface area (Å²) in [6.07, 6.45) is 1.52. The van der Waals surface area contributed by atoms with Crippen LogP contribution in [0.1, 0.15) is 17.3 Å². The lowest BCUT2D eigenvalue weighted by Gasteiger charge is -2.07. The maximum absolute atomic E-state index is 12.6. The Morgan fingerprint density at radius 2 is 2.06 bits per heavy atom. The van der Waals surface area contributed by atoms with Crippen molar-refractivity contribution in [1.82, 2.24) is 15.2 Å². The summed E-state index contributed by atoms with van der Waals surface area (Å²) in [5, 5.41) is 12.4. The monoisotopic (exact) mass is 484 g/mol. The van der Waals surface area contributed by atoms with Gasteiger partial charge in [0.05, 0.1) is 25.7 Å². The van der Waals surface area contributed by atoms with E-state index in [-0.39, 0.29) is 23.8 Å². The molecule has 9 nitrogen and oxygen atoms in total. The van der Waals surface area contributed by atoms with Crippen molar-refractivity contribution in [2.75, 3.05) is 24.8 Å². The molecular formula is C22H20N4O5S2. The van der Waals surface area contributed by atoms with Crippen molar-refractivity contribution < 1.29 is 23.5 Å². The van der Waals surface area contributed by atoms with Crippen molar-refractivity contribution in [3.05, 3.63) is 53.6 Å². The fraction of sp³-hybridized carbons (Fsp3) is 0.182. The lowest BCUT2D eigenvalue weighted by molar-refractivity contribution is -0.113. The first-order chi connectivity index (χ1) is 16.1. The van der Waals surface area contributed by atoms with E-state index in [9.17, 15) is 9.59 Å². The molecule has 2 N–H and O–H groups in total. The van der Waals surface area contributed by atoms with Gasteiger partial charge in [0.2, 0.25) is 11.1 Å². The number of aromatic amines is 1. The molecule has 1 amide bonds. The first-order valence-electron chi connectivity index (χ1n) is 9.91.